The lowest BCUT2D eigenvalue weighted by Crippen LogP contribution is -2.29. The van der Waals surface area contributed by atoms with Crippen LogP contribution in [0, 0.1) is 12.3 Å². The zero-order valence-electron chi connectivity index (χ0n) is 45.2. The highest BCUT2D eigenvalue weighted by Gasteiger charge is 2.49. The number of rotatable bonds is 10. The Morgan fingerprint density at radius 3 is 1.01 bits per heavy atom. The smallest absolute Gasteiger partial charge is 0.164 e. The molecule has 0 radical (unpaired) electrons. The standard InChI is InChI=1S/C79H53N3/c1-3-5-27-56(4-2)77(57-28-11-6-12-29-57)68-41-24-21-38-62(68)65-47-44-53(50-71(65)77)74-80-75(54-45-48-66-63-39-22-25-42-69(63)78(72(66)51-54,58-30-13-7-14-31-58)59-32-15-8-16-33-59)82-76(81-74)55-46-49-67-64-40-23-26-43-70(64)79(73(67)52-55,60-34-17-9-18-35-60)61-36-19-10-20-37-61/h2-3,5-52H,1H3. The Balaban J connectivity index is 1.00. The Labute approximate surface area is 479 Å². The molecule has 0 bridgehead atoms. The van der Waals surface area contributed by atoms with Crippen molar-refractivity contribution in [1.82, 2.24) is 15.0 Å². The summed E-state index contributed by atoms with van der Waals surface area (Å²) in [5.41, 5.74) is 21.4. The lowest BCUT2D eigenvalue weighted by molar-refractivity contribution is 0.768. The quantitative estimate of drug-likeness (QED) is 0.101. The van der Waals surface area contributed by atoms with Gasteiger partial charge >= 0.3 is 0 Å². The highest BCUT2D eigenvalue weighted by atomic mass is 15.0. The SMILES string of the molecule is C#CC(=CC=CC)C1(c2ccccc2)c2ccccc2-c2ccc(-c3nc(-c4ccc5c(c4)C(c4ccccc4)(c4ccccc4)c4ccccc4-5)nc(-c4ccc5c(c4)C(c4ccccc4)(c4ccccc4)c4ccccc4-5)n3)cc21. The van der Waals surface area contributed by atoms with Crippen molar-refractivity contribution >= 4 is 0 Å². The number of fused-ring (bicyclic) bond motifs is 9. The summed E-state index contributed by atoms with van der Waals surface area (Å²) in [4.78, 5) is 16.9. The molecule has 3 aliphatic carbocycles. The van der Waals surface area contributed by atoms with Gasteiger partial charge in [0.25, 0.3) is 0 Å². The van der Waals surface area contributed by atoms with Crippen LogP contribution in [0.5, 0.6) is 0 Å². The minimum absolute atomic E-state index is 0.558. The van der Waals surface area contributed by atoms with Crippen LogP contribution in [0.25, 0.3) is 67.5 Å². The van der Waals surface area contributed by atoms with Gasteiger partial charge in [0.15, 0.2) is 17.5 Å². The van der Waals surface area contributed by atoms with E-state index in [1.54, 1.807) is 0 Å². The molecule has 3 nitrogen and oxygen atoms in total. The Bertz CT molecular complexity index is 4290. The number of aromatic nitrogens is 3. The number of hydrogen-bond acceptors (Lipinski definition) is 3. The molecule has 15 rings (SSSR count). The third-order valence-electron chi connectivity index (χ3n) is 17.6. The van der Waals surface area contributed by atoms with E-state index in [4.69, 9.17) is 21.4 Å². The van der Waals surface area contributed by atoms with Gasteiger partial charge in [-0.1, -0.05) is 279 Å². The van der Waals surface area contributed by atoms with Crippen molar-refractivity contribution in [3.8, 4) is 79.9 Å². The summed E-state index contributed by atoms with van der Waals surface area (Å²) in [6.45, 7) is 2.02. The summed E-state index contributed by atoms with van der Waals surface area (Å²) >= 11 is 0. The second-order valence-corrected chi connectivity index (χ2v) is 21.6. The first-order valence-corrected chi connectivity index (χ1v) is 28.2. The van der Waals surface area contributed by atoms with Gasteiger partial charge in [0.05, 0.1) is 16.2 Å². The van der Waals surface area contributed by atoms with Gasteiger partial charge in [0, 0.05) is 22.3 Å². The number of terminal acetylenes is 1. The lowest BCUT2D eigenvalue weighted by Gasteiger charge is -2.34. The summed E-state index contributed by atoms with van der Waals surface area (Å²) in [6.07, 6.45) is 12.9. The molecule has 0 fully saturated rings. The monoisotopic (exact) mass is 1040 g/mol. The van der Waals surface area contributed by atoms with Crippen molar-refractivity contribution < 1.29 is 0 Å². The normalized spacial score (nSPS) is 15.6. The van der Waals surface area contributed by atoms with Gasteiger partial charge in [-0.3, -0.25) is 0 Å². The molecule has 384 valence electrons. The molecule has 0 saturated carbocycles. The summed E-state index contributed by atoms with van der Waals surface area (Å²) in [5.74, 6) is 4.91. The molecule has 11 aromatic carbocycles. The van der Waals surface area contributed by atoms with Crippen LogP contribution in [0.3, 0.4) is 0 Å². The topological polar surface area (TPSA) is 38.7 Å². The molecule has 0 aliphatic heterocycles. The zero-order valence-corrected chi connectivity index (χ0v) is 45.2. The first-order chi connectivity index (χ1) is 40.6. The van der Waals surface area contributed by atoms with E-state index in [0.717, 1.165) is 50.1 Å². The number of hydrogen-bond donors (Lipinski definition) is 0. The van der Waals surface area contributed by atoms with Crippen LogP contribution in [0.4, 0.5) is 0 Å². The van der Waals surface area contributed by atoms with Crippen LogP contribution in [0.1, 0.15) is 68.1 Å². The largest absolute Gasteiger partial charge is 0.208 e. The predicted octanol–water partition coefficient (Wildman–Crippen LogP) is 18.0. The van der Waals surface area contributed by atoms with Gasteiger partial charge < -0.3 is 0 Å². The van der Waals surface area contributed by atoms with Crippen molar-refractivity contribution in [2.45, 2.75) is 23.2 Å². The number of nitrogens with zero attached hydrogens (tertiary/aromatic N) is 3. The summed E-state index contributed by atoms with van der Waals surface area (Å²) < 4.78 is 0. The second kappa shape index (κ2) is 19.4. The third-order valence-corrected chi connectivity index (χ3v) is 17.6. The molecule has 1 unspecified atom stereocenters. The fourth-order valence-electron chi connectivity index (χ4n) is 14.3. The molecule has 82 heavy (non-hydrogen) atoms. The summed E-state index contributed by atoms with van der Waals surface area (Å²) in [6, 6.07) is 101. The Hall–Kier alpha value is -10.5. The molecule has 12 aromatic rings. The molecule has 0 N–H and O–H groups in total. The number of benzene rings is 11. The van der Waals surface area contributed by atoms with Gasteiger partial charge in [-0.2, -0.15) is 0 Å². The molecular weight excluding hydrogens is 991 g/mol. The zero-order chi connectivity index (χ0) is 54.8. The fraction of sp³-hybridized carbons (Fsp3) is 0.0506. The molecule has 0 saturated heterocycles. The van der Waals surface area contributed by atoms with Crippen LogP contribution < -0.4 is 0 Å². The van der Waals surface area contributed by atoms with E-state index < -0.39 is 16.2 Å². The minimum Gasteiger partial charge on any atom is -0.208 e. The molecule has 1 atom stereocenters. The minimum atomic E-state index is -0.809. The molecule has 1 aromatic heterocycles. The lowest BCUT2D eigenvalue weighted by atomic mass is 9.67. The Morgan fingerprint density at radius 2 is 0.634 bits per heavy atom. The maximum atomic E-state index is 6.68. The van der Waals surface area contributed by atoms with Crippen molar-refractivity contribution in [3.05, 3.63) is 364 Å². The van der Waals surface area contributed by atoms with Gasteiger partial charge in [-0.05, 0) is 126 Å². The van der Waals surface area contributed by atoms with E-state index in [9.17, 15) is 0 Å². The third kappa shape index (κ3) is 7.01. The van der Waals surface area contributed by atoms with Gasteiger partial charge in [-0.25, -0.2) is 15.0 Å². The van der Waals surface area contributed by atoms with Gasteiger partial charge in [-0.15, -0.1) is 6.42 Å². The average molecular weight is 1040 g/mol. The van der Waals surface area contributed by atoms with E-state index in [1.165, 1.54) is 66.8 Å². The van der Waals surface area contributed by atoms with E-state index in [0.29, 0.717) is 17.5 Å². The van der Waals surface area contributed by atoms with Gasteiger partial charge in [0.2, 0.25) is 0 Å². The van der Waals surface area contributed by atoms with Crippen LogP contribution in [0.15, 0.2) is 303 Å². The van der Waals surface area contributed by atoms with E-state index in [-0.39, 0.29) is 0 Å². The molecule has 3 heteroatoms. The van der Waals surface area contributed by atoms with Gasteiger partial charge in [0.1, 0.15) is 0 Å². The maximum Gasteiger partial charge on any atom is 0.164 e. The van der Waals surface area contributed by atoms with Crippen LogP contribution >= 0.6 is 0 Å². The molecule has 0 amide bonds. The summed E-state index contributed by atoms with van der Waals surface area (Å²) in [7, 11) is 0. The maximum absolute atomic E-state index is 6.68. The van der Waals surface area contributed by atoms with E-state index >= 15 is 0 Å². The molecular formula is C79H53N3. The Morgan fingerprint density at radius 1 is 0.329 bits per heavy atom. The van der Waals surface area contributed by atoms with Crippen LogP contribution in [-0.2, 0) is 16.2 Å². The average Bonchev–Trinajstić information content (AvgIpc) is 2.48. The van der Waals surface area contributed by atoms with E-state index in [1.807, 2.05) is 19.1 Å². The highest BCUT2D eigenvalue weighted by molar-refractivity contribution is 5.92. The molecule has 0 spiro atoms. The first kappa shape index (κ1) is 48.6. The van der Waals surface area contributed by atoms with Crippen molar-refractivity contribution in [1.29, 1.82) is 0 Å². The summed E-state index contributed by atoms with van der Waals surface area (Å²) in [5, 5.41) is 0. The molecule has 1 heterocycles. The van der Waals surface area contributed by atoms with Crippen LogP contribution in [0.2, 0.25) is 0 Å². The second-order valence-electron chi connectivity index (χ2n) is 21.6. The Kier molecular flexibility index (Phi) is 11.5. The van der Waals surface area contributed by atoms with Crippen molar-refractivity contribution in [2.24, 2.45) is 0 Å². The molecule has 3 aliphatic rings. The van der Waals surface area contributed by atoms with Crippen molar-refractivity contribution in [3.63, 3.8) is 0 Å². The first-order valence-electron chi connectivity index (χ1n) is 28.2. The number of allylic oxidation sites excluding steroid dienone is 4. The fourth-order valence-corrected chi connectivity index (χ4v) is 14.3. The van der Waals surface area contributed by atoms with Crippen molar-refractivity contribution in [2.75, 3.05) is 0 Å². The highest BCUT2D eigenvalue weighted by Crippen LogP contribution is 2.60. The van der Waals surface area contributed by atoms with E-state index in [2.05, 4.69) is 291 Å². The predicted molar refractivity (Wildman–Crippen MR) is 334 cm³/mol. The van der Waals surface area contributed by atoms with Crippen LogP contribution in [-0.4, -0.2) is 15.0 Å².